The van der Waals surface area contributed by atoms with Crippen LogP contribution in [0.1, 0.15) is 44.9 Å². The number of aromatic nitrogens is 4. The van der Waals surface area contributed by atoms with Gasteiger partial charge in [0.05, 0.1) is 29.6 Å². The van der Waals surface area contributed by atoms with Crippen LogP contribution in [0.5, 0.6) is 0 Å². The standard InChI is InChI=1S/C23H31N5/c1-3-4-12-21-24-16-20(26-21)23-22(18-9-6-5-7-10-18)25-17-28(23)15-13-19-11-8-14-27(19)2/h5-7,9-10,16-17,19H,3-4,8,11-15H2,1-2H3,(H,24,26). The lowest BCUT2D eigenvalue weighted by Crippen LogP contribution is -2.26. The summed E-state index contributed by atoms with van der Waals surface area (Å²) in [5.41, 5.74) is 4.41. The van der Waals surface area contributed by atoms with Gasteiger partial charge in [-0.1, -0.05) is 43.7 Å². The summed E-state index contributed by atoms with van der Waals surface area (Å²) in [6.45, 7) is 4.41. The molecule has 2 aromatic heterocycles. The maximum Gasteiger partial charge on any atom is 0.106 e. The molecule has 1 fully saturated rings. The second-order valence-electron chi connectivity index (χ2n) is 7.91. The number of hydrogen-bond donors (Lipinski definition) is 1. The minimum absolute atomic E-state index is 0.678. The predicted molar refractivity (Wildman–Crippen MR) is 114 cm³/mol. The summed E-state index contributed by atoms with van der Waals surface area (Å²) in [7, 11) is 2.25. The van der Waals surface area contributed by atoms with Crippen LogP contribution >= 0.6 is 0 Å². The number of rotatable bonds is 8. The molecular weight excluding hydrogens is 346 g/mol. The Morgan fingerprint density at radius 3 is 2.79 bits per heavy atom. The second kappa shape index (κ2) is 8.74. The molecule has 5 heteroatoms. The van der Waals surface area contributed by atoms with E-state index in [1.165, 1.54) is 25.8 Å². The molecule has 0 bridgehead atoms. The van der Waals surface area contributed by atoms with Gasteiger partial charge in [0.15, 0.2) is 0 Å². The summed E-state index contributed by atoms with van der Waals surface area (Å²) in [5, 5.41) is 0. The monoisotopic (exact) mass is 377 g/mol. The van der Waals surface area contributed by atoms with Crippen molar-refractivity contribution in [3.05, 3.63) is 48.7 Å². The number of aryl methyl sites for hydroxylation is 2. The van der Waals surface area contributed by atoms with Crippen LogP contribution in [0.15, 0.2) is 42.9 Å². The zero-order valence-corrected chi connectivity index (χ0v) is 17.1. The summed E-state index contributed by atoms with van der Waals surface area (Å²) in [4.78, 5) is 15.5. The van der Waals surface area contributed by atoms with Crippen molar-refractivity contribution in [2.75, 3.05) is 13.6 Å². The first-order valence-corrected chi connectivity index (χ1v) is 10.6. The maximum absolute atomic E-state index is 4.80. The van der Waals surface area contributed by atoms with E-state index in [2.05, 4.69) is 63.7 Å². The van der Waals surface area contributed by atoms with Crippen molar-refractivity contribution < 1.29 is 0 Å². The molecule has 3 aromatic rings. The molecule has 3 heterocycles. The maximum atomic E-state index is 4.80. The Kier molecular flexibility index (Phi) is 5.91. The van der Waals surface area contributed by atoms with Crippen LogP contribution < -0.4 is 0 Å². The second-order valence-corrected chi connectivity index (χ2v) is 7.91. The largest absolute Gasteiger partial charge is 0.341 e. The number of imidazole rings is 2. The number of benzene rings is 1. The Bertz CT molecular complexity index is 880. The van der Waals surface area contributed by atoms with E-state index in [0.717, 1.165) is 54.3 Å². The molecule has 1 aromatic carbocycles. The number of nitrogens with one attached hydrogen (secondary N) is 1. The van der Waals surface area contributed by atoms with E-state index >= 15 is 0 Å². The molecule has 1 aliphatic heterocycles. The minimum atomic E-state index is 0.678. The fourth-order valence-corrected chi connectivity index (χ4v) is 4.23. The van der Waals surface area contributed by atoms with Crippen molar-refractivity contribution >= 4 is 0 Å². The molecule has 1 aliphatic rings. The van der Waals surface area contributed by atoms with Gasteiger partial charge in [-0.2, -0.15) is 0 Å². The molecule has 1 unspecified atom stereocenters. The Hall–Kier alpha value is -2.40. The lowest BCUT2D eigenvalue weighted by Gasteiger charge is -2.20. The first-order chi connectivity index (χ1) is 13.8. The average molecular weight is 378 g/mol. The fraction of sp³-hybridized carbons (Fsp3) is 0.478. The number of likely N-dealkylation sites (tertiary alicyclic amines) is 1. The van der Waals surface area contributed by atoms with Crippen molar-refractivity contribution in [3.8, 4) is 22.6 Å². The highest BCUT2D eigenvalue weighted by Crippen LogP contribution is 2.31. The van der Waals surface area contributed by atoms with Gasteiger partial charge in [-0.15, -0.1) is 0 Å². The smallest absolute Gasteiger partial charge is 0.106 e. The van der Waals surface area contributed by atoms with Crippen LogP contribution in [0.3, 0.4) is 0 Å². The van der Waals surface area contributed by atoms with Crippen molar-refractivity contribution in [1.29, 1.82) is 0 Å². The summed E-state index contributed by atoms with van der Waals surface area (Å²) in [6, 6.07) is 11.1. The molecule has 1 N–H and O–H groups in total. The van der Waals surface area contributed by atoms with Gasteiger partial charge in [0.1, 0.15) is 5.82 Å². The molecule has 0 aliphatic carbocycles. The number of H-pyrrole nitrogens is 1. The van der Waals surface area contributed by atoms with Crippen molar-refractivity contribution in [2.24, 2.45) is 0 Å². The van der Waals surface area contributed by atoms with Crippen molar-refractivity contribution in [2.45, 2.75) is 58.0 Å². The van der Waals surface area contributed by atoms with Gasteiger partial charge in [-0.3, -0.25) is 0 Å². The number of aromatic amines is 1. The summed E-state index contributed by atoms with van der Waals surface area (Å²) in [6.07, 6.45) is 11.1. The Labute approximate surface area is 167 Å². The number of unbranched alkanes of at least 4 members (excludes halogenated alkanes) is 1. The summed E-state index contributed by atoms with van der Waals surface area (Å²) < 4.78 is 2.31. The average Bonchev–Trinajstić information content (AvgIpc) is 3.45. The molecule has 4 rings (SSSR count). The van der Waals surface area contributed by atoms with E-state index in [9.17, 15) is 0 Å². The first-order valence-electron chi connectivity index (χ1n) is 10.6. The van der Waals surface area contributed by atoms with Crippen LogP contribution in [0.4, 0.5) is 0 Å². The SMILES string of the molecule is CCCCc1ncc(-c2c(-c3ccccc3)ncn2CCC2CCCN2C)[nH]1. The van der Waals surface area contributed by atoms with Crippen LogP contribution in [0.2, 0.25) is 0 Å². The molecule has 148 valence electrons. The van der Waals surface area contributed by atoms with Gasteiger partial charge >= 0.3 is 0 Å². The summed E-state index contributed by atoms with van der Waals surface area (Å²) >= 11 is 0. The first kappa shape index (κ1) is 18.9. The lowest BCUT2D eigenvalue weighted by atomic mass is 10.1. The topological polar surface area (TPSA) is 49.7 Å². The van der Waals surface area contributed by atoms with Crippen molar-refractivity contribution in [1.82, 2.24) is 24.4 Å². The summed E-state index contributed by atoms with van der Waals surface area (Å²) in [5.74, 6) is 1.07. The Morgan fingerprint density at radius 1 is 1.18 bits per heavy atom. The molecule has 5 nitrogen and oxygen atoms in total. The van der Waals surface area contributed by atoms with Crippen LogP contribution in [0.25, 0.3) is 22.6 Å². The van der Waals surface area contributed by atoms with E-state index in [4.69, 9.17) is 4.98 Å². The van der Waals surface area contributed by atoms with Gasteiger partial charge in [0.25, 0.3) is 0 Å². The highest BCUT2D eigenvalue weighted by atomic mass is 15.2. The van der Waals surface area contributed by atoms with Crippen molar-refractivity contribution in [3.63, 3.8) is 0 Å². The minimum Gasteiger partial charge on any atom is -0.341 e. The van der Waals surface area contributed by atoms with E-state index < -0.39 is 0 Å². The van der Waals surface area contributed by atoms with Gasteiger partial charge in [0, 0.05) is 24.6 Å². The Morgan fingerprint density at radius 2 is 2.04 bits per heavy atom. The van der Waals surface area contributed by atoms with Crippen LogP contribution in [0, 0.1) is 0 Å². The molecule has 0 spiro atoms. The fourth-order valence-electron chi connectivity index (χ4n) is 4.23. The zero-order chi connectivity index (χ0) is 19.3. The number of nitrogens with zero attached hydrogens (tertiary/aromatic N) is 4. The van der Waals surface area contributed by atoms with Gasteiger partial charge in [-0.05, 0) is 39.3 Å². The van der Waals surface area contributed by atoms with Gasteiger partial charge in [-0.25, -0.2) is 9.97 Å². The highest BCUT2D eigenvalue weighted by molar-refractivity contribution is 5.76. The molecule has 1 atom stereocenters. The molecule has 28 heavy (non-hydrogen) atoms. The van der Waals surface area contributed by atoms with E-state index in [0.29, 0.717) is 6.04 Å². The third-order valence-electron chi connectivity index (χ3n) is 5.91. The lowest BCUT2D eigenvalue weighted by molar-refractivity contribution is 0.286. The molecular formula is C23H31N5. The third-order valence-corrected chi connectivity index (χ3v) is 5.91. The van der Waals surface area contributed by atoms with E-state index in [-0.39, 0.29) is 0 Å². The molecule has 0 saturated carbocycles. The molecule has 1 saturated heterocycles. The normalized spacial score (nSPS) is 17.4. The number of hydrogen-bond acceptors (Lipinski definition) is 3. The van der Waals surface area contributed by atoms with E-state index in [1.54, 1.807) is 0 Å². The quantitative estimate of drug-likeness (QED) is 0.615. The van der Waals surface area contributed by atoms with Gasteiger partial charge in [0.2, 0.25) is 0 Å². The zero-order valence-electron chi connectivity index (χ0n) is 17.1. The molecule has 0 amide bonds. The predicted octanol–water partition coefficient (Wildman–Crippen LogP) is 4.77. The highest BCUT2D eigenvalue weighted by Gasteiger charge is 2.22. The van der Waals surface area contributed by atoms with Gasteiger partial charge < -0.3 is 14.5 Å². The van der Waals surface area contributed by atoms with Crippen LogP contribution in [-0.4, -0.2) is 44.1 Å². The third kappa shape index (κ3) is 4.04. The molecule has 0 radical (unpaired) electrons. The van der Waals surface area contributed by atoms with E-state index in [1.807, 2.05) is 12.5 Å². The Balaban J connectivity index is 1.64. The van der Waals surface area contributed by atoms with Crippen LogP contribution in [-0.2, 0) is 13.0 Å².